The molecule has 88 valence electrons. The molecule has 0 aliphatic rings. The van der Waals surface area contributed by atoms with Crippen molar-refractivity contribution in [3.05, 3.63) is 48.0 Å². The zero-order valence-electron chi connectivity index (χ0n) is 9.94. The van der Waals surface area contributed by atoms with Gasteiger partial charge in [-0.2, -0.15) is 0 Å². The third-order valence-electron chi connectivity index (χ3n) is 2.45. The fourth-order valence-electron chi connectivity index (χ4n) is 1.53. The standard InChI is InChI=1S/C14H15NOS/c1-10-3-8-14(13(15)9-10)16-11-4-6-12(17-2)7-5-11/h3-9H,15H2,1-2H3. The van der Waals surface area contributed by atoms with Crippen molar-refractivity contribution >= 4 is 17.4 Å². The van der Waals surface area contributed by atoms with Crippen molar-refractivity contribution in [2.75, 3.05) is 12.0 Å². The van der Waals surface area contributed by atoms with Gasteiger partial charge in [0.1, 0.15) is 11.5 Å². The van der Waals surface area contributed by atoms with Crippen LogP contribution in [0.4, 0.5) is 5.69 Å². The molecule has 0 fully saturated rings. The lowest BCUT2D eigenvalue weighted by atomic mass is 10.2. The average Bonchev–Trinajstić information content (AvgIpc) is 2.34. The molecule has 0 radical (unpaired) electrons. The van der Waals surface area contributed by atoms with Crippen LogP contribution in [-0.2, 0) is 0 Å². The molecule has 0 amide bonds. The first kappa shape index (κ1) is 11.9. The minimum atomic E-state index is 0.666. The number of hydrogen-bond donors (Lipinski definition) is 1. The van der Waals surface area contributed by atoms with Crippen LogP contribution in [0.2, 0.25) is 0 Å². The van der Waals surface area contributed by atoms with Crippen LogP contribution in [-0.4, -0.2) is 6.26 Å². The smallest absolute Gasteiger partial charge is 0.150 e. The molecule has 2 aromatic rings. The number of aryl methyl sites for hydroxylation is 1. The van der Waals surface area contributed by atoms with Crippen molar-refractivity contribution in [3.63, 3.8) is 0 Å². The molecule has 0 bridgehead atoms. The molecule has 0 spiro atoms. The Morgan fingerprint density at radius 2 is 1.76 bits per heavy atom. The van der Waals surface area contributed by atoms with Gasteiger partial charge in [-0.1, -0.05) is 6.07 Å². The van der Waals surface area contributed by atoms with Gasteiger partial charge < -0.3 is 10.5 Å². The van der Waals surface area contributed by atoms with Crippen LogP contribution in [0.25, 0.3) is 0 Å². The van der Waals surface area contributed by atoms with E-state index in [1.54, 1.807) is 11.8 Å². The van der Waals surface area contributed by atoms with E-state index >= 15 is 0 Å². The average molecular weight is 245 g/mol. The quantitative estimate of drug-likeness (QED) is 0.653. The van der Waals surface area contributed by atoms with Gasteiger partial charge in [-0.25, -0.2) is 0 Å². The molecule has 0 saturated heterocycles. The number of hydrogen-bond acceptors (Lipinski definition) is 3. The molecule has 0 aliphatic carbocycles. The highest BCUT2D eigenvalue weighted by molar-refractivity contribution is 7.98. The summed E-state index contributed by atoms with van der Waals surface area (Å²) in [6.07, 6.45) is 2.05. The molecule has 2 N–H and O–H groups in total. The van der Waals surface area contributed by atoms with Crippen molar-refractivity contribution in [3.8, 4) is 11.5 Å². The first-order valence-corrected chi connectivity index (χ1v) is 6.59. The second-order valence-electron chi connectivity index (χ2n) is 3.82. The Kier molecular flexibility index (Phi) is 3.59. The first-order chi connectivity index (χ1) is 8.19. The summed E-state index contributed by atoms with van der Waals surface area (Å²) in [5, 5.41) is 0. The van der Waals surface area contributed by atoms with E-state index in [2.05, 4.69) is 0 Å². The monoisotopic (exact) mass is 245 g/mol. The number of benzene rings is 2. The van der Waals surface area contributed by atoms with Crippen LogP contribution in [0.1, 0.15) is 5.56 Å². The third-order valence-corrected chi connectivity index (χ3v) is 3.20. The number of ether oxygens (including phenoxy) is 1. The van der Waals surface area contributed by atoms with E-state index in [-0.39, 0.29) is 0 Å². The fraction of sp³-hybridized carbons (Fsp3) is 0.143. The van der Waals surface area contributed by atoms with Gasteiger partial charge in [0.2, 0.25) is 0 Å². The van der Waals surface area contributed by atoms with Crippen molar-refractivity contribution in [2.24, 2.45) is 0 Å². The van der Waals surface area contributed by atoms with Crippen LogP contribution in [0, 0.1) is 6.92 Å². The molecular formula is C14H15NOS. The summed E-state index contributed by atoms with van der Waals surface area (Å²) in [6.45, 7) is 2.01. The van der Waals surface area contributed by atoms with Gasteiger partial charge in [0.25, 0.3) is 0 Å². The molecule has 2 nitrogen and oxygen atoms in total. The maximum atomic E-state index is 5.90. The summed E-state index contributed by atoms with van der Waals surface area (Å²) in [7, 11) is 0. The highest BCUT2D eigenvalue weighted by atomic mass is 32.2. The summed E-state index contributed by atoms with van der Waals surface area (Å²) < 4.78 is 5.73. The Morgan fingerprint density at radius 3 is 2.35 bits per heavy atom. The lowest BCUT2D eigenvalue weighted by Crippen LogP contribution is -1.92. The summed E-state index contributed by atoms with van der Waals surface area (Å²) in [6, 6.07) is 13.8. The molecule has 3 heteroatoms. The van der Waals surface area contributed by atoms with E-state index in [0.29, 0.717) is 11.4 Å². The Hall–Kier alpha value is -1.61. The van der Waals surface area contributed by atoms with Crippen LogP contribution in [0.3, 0.4) is 0 Å². The SMILES string of the molecule is CSc1ccc(Oc2ccc(C)cc2N)cc1. The Morgan fingerprint density at radius 1 is 1.06 bits per heavy atom. The van der Waals surface area contributed by atoms with Crippen LogP contribution >= 0.6 is 11.8 Å². The normalized spacial score (nSPS) is 10.2. The van der Waals surface area contributed by atoms with E-state index in [1.165, 1.54) is 4.90 Å². The molecular weight excluding hydrogens is 230 g/mol. The molecule has 0 aliphatic heterocycles. The number of anilines is 1. The summed E-state index contributed by atoms with van der Waals surface area (Å²) >= 11 is 1.71. The second-order valence-corrected chi connectivity index (χ2v) is 4.70. The molecule has 0 unspecified atom stereocenters. The van der Waals surface area contributed by atoms with E-state index in [0.717, 1.165) is 11.3 Å². The Balaban J connectivity index is 2.19. The lowest BCUT2D eigenvalue weighted by molar-refractivity contribution is 0.484. The fourth-order valence-corrected chi connectivity index (χ4v) is 1.94. The van der Waals surface area contributed by atoms with E-state index in [9.17, 15) is 0 Å². The van der Waals surface area contributed by atoms with Crippen LogP contribution < -0.4 is 10.5 Å². The lowest BCUT2D eigenvalue weighted by Gasteiger charge is -2.09. The van der Waals surface area contributed by atoms with Gasteiger partial charge >= 0.3 is 0 Å². The second kappa shape index (κ2) is 5.15. The highest BCUT2D eigenvalue weighted by Gasteiger charge is 2.02. The van der Waals surface area contributed by atoms with Gasteiger partial charge in [0.05, 0.1) is 5.69 Å². The third kappa shape index (κ3) is 2.94. The molecule has 2 rings (SSSR count). The Labute approximate surface area is 106 Å². The minimum absolute atomic E-state index is 0.666. The molecule has 17 heavy (non-hydrogen) atoms. The molecule has 0 heterocycles. The van der Waals surface area contributed by atoms with Crippen LogP contribution in [0.15, 0.2) is 47.4 Å². The zero-order chi connectivity index (χ0) is 12.3. The van der Waals surface area contributed by atoms with Crippen molar-refractivity contribution < 1.29 is 4.74 Å². The van der Waals surface area contributed by atoms with Crippen molar-refractivity contribution in [1.82, 2.24) is 0 Å². The van der Waals surface area contributed by atoms with Gasteiger partial charge in [-0.05, 0) is 55.1 Å². The predicted molar refractivity (Wildman–Crippen MR) is 73.9 cm³/mol. The molecule has 0 saturated carbocycles. The highest BCUT2D eigenvalue weighted by Crippen LogP contribution is 2.29. The summed E-state index contributed by atoms with van der Waals surface area (Å²) in [4.78, 5) is 1.22. The topological polar surface area (TPSA) is 35.2 Å². The van der Waals surface area contributed by atoms with Gasteiger partial charge in [0.15, 0.2) is 0 Å². The number of thioether (sulfide) groups is 1. The maximum Gasteiger partial charge on any atom is 0.150 e. The number of nitrogen functional groups attached to an aromatic ring is 1. The van der Waals surface area contributed by atoms with E-state index in [4.69, 9.17) is 10.5 Å². The van der Waals surface area contributed by atoms with Gasteiger partial charge in [-0.3, -0.25) is 0 Å². The van der Waals surface area contributed by atoms with Crippen molar-refractivity contribution in [2.45, 2.75) is 11.8 Å². The molecule has 2 aromatic carbocycles. The zero-order valence-corrected chi connectivity index (χ0v) is 10.8. The number of nitrogens with two attached hydrogens (primary N) is 1. The van der Waals surface area contributed by atoms with Crippen molar-refractivity contribution in [1.29, 1.82) is 0 Å². The Bertz CT molecular complexity index is 508. The molecule has 0 atom stereocenters. The summed E-state index contributed by atoms with van der Waals surface area (Å²) in [5.41, 5.74) is 7.69. The maximum absolute atomic E-state index is 5.90. The largest absolute Gasteiger partial charge is 0.455 e. The first-order valence-electron chi connectivity index (χ1n) is 5.37. The van der Waals surface area contributed by atoms with Crippen LogP contribution in [0.5, 0.6) is 11.5 Å². The van der Waals surface area contributed by atoms with Gasteiger partial charge in [0, 0.05) is 4.90 Å². The molecule has 0 aromatic heterocycles. The van der Waals surface area contributed by atoms with E-state index in [1.807, 2.05) is 55.6 Å². The van der Waals surface area contributed by atoms with Gasteiger partial charge in [-0.15, -0.1) is 11.8 Å². The minimum Gasteiger partial charge on any atom is -0.455 e. The summed E-state index contributed by atoms with van der Waals surface area (Å²) in [5.74, 6) is 1.51. The van der Waals surface area contributed by atoms with E-state index < -0.39 is 0 Å². The number of rotatable bonds is 3. The predicted octanol–water partition coefficient (Wildman–Crippen LogP) is 4.09.